The van der Waals surface area contributed by atoms with E-state index in [1.54, 1.807) is 14.0 Å². The largest absolute Gasteiger partial charge is 0.442 e. The minimum absolute atomic E-state index is 0.119. The summed E-state index contributed by atoms with van der Waals surface area (Å²) < 4.78 is 12.2. The molecule has 1 fully saturated rings. The third-order valence-corrected chi connectivity index (χ3v) is 4.71. The number of nitrogens with zero attached hydrogens (tertiary/aromatic N) is 3. The van der Waals surface area contributed by atoms with Crippen LogP contribution in [-0.4, -0.2) is 47.2 Å². The Balaban J connectivity index is 1.98. The van der Waals surface area contributed by atoms with Gasteiger partial charge >= 0.3 is 0 Å². The molecule has 3 rings (SSSR count). The lowest BCUT2D eigenvalue weighted by Crippen LogP contribution is -2.33. The SMILES string of the molecule is COCCCn1cnc2oc(C)c(C(=O)N3CCCCCC3)c2c1=O. The molecule has 1 amide bonds. The van der Waals surface area contributed by atoms with Crippen molar-refractivity contribution in [3.05, 3.63) is 28.0 Å². The van der Waals surface area contributed by atoms with E-state index >= 15 is 0 Å². The predicted molar refractivity (Wildman–Crippen MR) is 93.9 cm³/mol. The highest BCUT2D eigenvalue weighted by atomic mass is 16.5. The van der Waals surface area contributed by atoms with Gasteiger partial charge < -0.3 is 14.1 Å². The second-order valence-corrected chi connectivity index (χ2v) is 6.51. The van der Waals surface area contributed by atoms with Gasteiger partial charge in [0.05, 0.1) is 5.56 Å². The van der Waals surface area contributed by atoms with Gasteiger partial charge in [0, 0.05) is 33.4 Å². The second kappa shape index (κ2) is 7.82. The molecule has 0 bridgehead atoms. The zero-order chi connectivity index (χ0) is 17.8. The van der Waals surface area contributed by atoms with Crippen molar-refractivity contribution in [1.82, 2.24) is 14.5 Å². The molecule has 0 radical (unpaired) electrons. The summed E-state index contributed by atoms with van der Waals surface area (Å²) in [6.45, 7) is 4.24. The minimum Gasteiger partial charge on any atom is -0.442 e. The van der Waals surface area contributed by atoms with Crippen LogP contribution in [0.3, 0.4) is 0 Å². The summed E-state index contributed by atoms with van der Waals surface area (Å²) in [6.07, 6.45) is 6.46. The fraction of sp³-hybridized carbons (Fsp3) is 0.611. The van der Waals surface area contributed by atoms with E-state index in [9.17, 15) is 9.59 Å². The zero-order valence-electron chi connectivity index (χ0n) is 14.9. The number of rotatable bonds is 5. The van der Waals surface area contributed by atoms with Crippen molar-refractivity contribution < 1.29 is 13.9 Å². The first-order valence-electron chi connectivity index (χ1n) is 8.90. The first kappa shape index (κ1) is 17.7. The summed E-state index contributed by atoms with van der Waals surface area (Å²) in [4.78, 5) is 32.0. The molecule has 7 nitrogen and oxygen atoms in total. The molecule has 1 aliphatic heterocycles. The van der Waals surface area contributed by atoms with E-state index in [4.69, 9.17) is 9.15 Å². The average Bonchev–Trinajstić information content (AvgIpc) is 2.77. The topological polar surface area (TPSA) is 77.6 Å². The van der Waals surface area contributed by atoms with Crippen molar-refractivity contribution in [1.29, 1.82) is 0 Å². The van der Waals surface area contributed by atoms with Crippen LogP contribution in [0.4, 0.5) is 0 Å². The highest BCUT2D eigenvalue weighted by Crippen LogP contribution is 2.24. The minimum atomic E-state index is -0.226. The maximum absolute atomic E-state index is 13.0. The quantitative estimate of drug-likeness (QED) is 0.776. The Morgan fingerprint density at radius 2 is 2.00 bits per heavy atom. The molecule has 7 heteroatoms. The summed E-state index contributed by atoms with van der Waals surface area (Å²) in [5.74, 6) is 0.343. The Bertz CT molecular complexity index is 800. The van der Waals surface area contributed by atoms with E-state index in [1.165, 1.54) is 10.9 Å². The molecule has 25 heavy (non-hydrogen) atoms. The molecule has 0 N–H and O–H groups in total. The van der Waals surface area contributed by atoms with Crippen molar-refractivity contribution in [3.8, 4) is 0 Å². The molecule has 2 aromatic heterocycles. The van der Waals surface area contributed by atoms with Gasteiger partial charge in [0.2, 0.25) is 5.71 Å². The number of likely N-dealkylation sites (tertiary alicyclic amines) is 1. The molecule has 3 heterocycles. The monoisotopic (exact) mass is 347 g/mol. The number of aryl methyl sites for hydroxylation is 2. The number of amides is 1. The normalized spacial score (nSPS) is 15.5. The van der Waals surface area contributed by atoms with E-state index in [-0.39, 0.29) is 17.2 Å². The fourth-order valence-corrected chi connectivity index (χ4v) is 3.37. The van der Waals surface area contributed by atoms with Crippen LogP contribution in [0.2, 0.25) is 0 Å². The Labute approximate surface area is 146 Å². The predicted octanol–water partition coefficient (Wildman–Crippen LogP) is 2.35. The molecule has 0 spiro atoms. The number of methoxy groups -OCH3 is 1. The number of carbonyl (C=O) groups excluding carboxylic acids is 1. The maximum Gasteiger partial charge on any atom is 0.265 e. The Morgan fingerprint density at radius 1 is 1.28 bits per heavy atom. The number of ether oxygens (including phenoxy) is 1. The lowest BCUT2D eigenvalue weighted by molar-refractivity contribution is 0.0761. The van der Waals surface area contributed by atoms with Gasteiger partial charge in [-0.1, -0.05) is 12.8 Å². The molecule has 0 aliphatic carbocycles. The van der Waals surface area contributed by atoms with Gasteiger partial charge in [0.1, 0.15) is 17.5 Å². The molecule has 0 unspecified atom stereocenters. The third kappa shape index (κ3) is 3.61. The van der Waals surface area contributed by atoms with Gasteiger partial charge in [-0.15, -0.1) is 0 Å². The Kier molecular flexibility index (Phi) is 5.53. The lowest BCUT2D eigenvalue weighted by Gasteiger charge is -2.20. The Morgan fingerprint density at radius 3 is 2.68 bits per heavy atom. The number of fused-ring (bicyclic) bond motifs is 1. The highest BCUT2D eigenvalue weighted by molar-refractivity contribution is 6.06. The molecule has 0 aromatic carbocycles. The van der Waals surface area contributed by atoms with Crippen molar-refractivity contribution in [2.75, 3.05) is 26.8 Å². The third-order valence-electron chi connectivity index (χ3n) is 4.71. The van der Waals surface area contributed by atoms with Gasteiger partial charge in [-0.05, 0) is 26.2 Å². The average molecular weight is 347 g/mol. The van der Waals surface area contributed by atoms with E-state index in [0.717, 1.165) is 38.8 Å². The van der Waals surface area contributed by atoms with Crippen molar-refractivity contribution >= 4 is 17.0 Å². The van der Waals surface area contributed by atoms with Crippen LogP contribution >= 0.6 is 0 Å². The fourth-order valence-electron chi connectivity index (χ4n) is 3.37. The molecule has 0 saturated carbocycles. The summed E-state index contributed by atoms with van der Waals surface area (Å²) in [5.41, 5.74) is 0.385. The van der Waals surface area contributed by atoms with Gasteiger partial charge in [-0.2, -0.15) is 0 Å². The lowest BCUT2D eigenvalue weighted by atomic mass is 10.1. The van der Waals surface area contributed by atoms with Crippen LogP contribution in [0.15, 0.2) is 15.5 Å². The van der Waals surface area contributed by atoms with E-state index in [0.29, 0.717) is 36.3 Å². The van der Waals surface area contributed by atoms with Crippen LogP contribution in [0.5, 0.6) is 0 Å². The summed E-state index contributed by atoms with van der Waals surface area (Å²) in [7, 11) is 1.63. The number of carbonyl (C=O) groups is 1. The van der Waals surface area contributed by atoms with Crippen LogP contribution in [0.25, 0.3) is 11.1 Å². The zero-order valence-corrected chi connectivity index (χ0v) is 14.9. The molecule has 0 atom stereocenters. The number of hydrogen-bond donors (Lipinski definition) is 0. The molecule has 2 aromatic rings. The highest BCUT2D eigenvalue weighted by Gasteiger charge is 2.27. The van der Waals surface area contributed by atoms with Gasteiger partial charge in [-0.3, -0.25) is 14.2 Å². The molecule has 1 aliphatic rings. The first-order chi connectivity index (χ1) is 12.1. The number of furan rings is 1. The molecule has 1 saturated heterocycles. The van der Waals surface area contributed by atoms with E-state index < -0.39 is 0 Å². The first-order valence-corrected chi connectivity index (χ1v) is 8.90. The van der Waals surface area contributed by atoms with E-state index in [2.05, 4.69) is 4.98 Å². The van der Waals surface area contributed by atoms with Crippen molar-refractivity contribution in [2.45, 2.75) is 45.6 Å². The van der Waals surface area contributed by atoms with Crippen LogP contribution < -0.4 is 5.56 Å². The summed E-state index contributed by atoms with van der Waals surface area (Å²) >= 11 is 0. The molecular weight excluding hydrogens is 322 g/mol. The maximum atomic E-state index is 13.0. The van der Waals surface area contributed by atoms with Crippen LogP contribution in [0.1, 0.15) is 48.2 Å². The molecule has 136 valence electrons. The summed E-state index contributed by atoms with van der Waals surface area (Å²) in [6, 6.07) is 0. The summed E-state index contributed by atoms with van der Waals surface area (Å²) in [5, 5.41) is 0.298. The number of aromatic nitrogens is 2. The van der Waals surface area contributed by atoms with Crippen LogP contribution in [-0.2, 0) is 11.3 Å². The second-order valence-electron chi connectivity index (χ2n) is 6.51. The van der Waals surface area contributed by atoms with Gasteiger partial charge in [0.15, 0.2) is 0 Å². The van der Waals surface area contributed by atoms with Crippen LogP contribution in [0, 0.1) is 6.92 Å². The van der Waals surface area contributed by atoms with Gasteiger partial charge in [-0.25, -0.2) is 4.98 Å². The van der Waals surface area contributed by atoms with E-state index in [1.807, 2.05) is 4.90 Å². The standard InChI is InChI=1S/C18H25N3O4/c1-13-14(17(22)20-8-5-3-4-6-9-20)15-16(25-13)19-12-21(18(15)23)10-7-11-24-2/h12H,3-11H2,1-2H3. The number of hydrogen-bond acceptors (Lipinski definition) is 5. The van der Waals surface area contributed by atoms with Crippen molar-refractivity contribution in [3.63, 3.8) is 0 Å². The molecular formula is C18H25N3O4. The Hall–Kier alpha value is -2.15. The smallest absolute Gasteiger partial charge is 0.265 e. The van der Waals surface area contributed by atoms with Crippen molar-refractivity contribution in [2.24, 2.45) is 0 Å². The van der Waals surface area contributed by atoms with Gasteiger partial charge in [0.25, 0.3) is 11.5 Å².